The third-order valence-corrected chi connectivity index (χ3v) is 2.66. The molecule has 4 nitrogen and oxygen atoms in total. The van der Waals surface area contributed by atoms with Gasteiger partial charge in [0.1, 0.15) is 0 Å². The highest BCUT2D eigenvalue weighted by Gasteiger charge is 2.33. The first-order valence-electron chi connectivity index (χ1n) is 5.41. The van der Waals surface area contributed by atoms with Crippen molar-refractivity contribution in [2.45, 2.75) is 12.6 Å². The molecule has 0 aliphatic carbocycles. The SMILES string of the molecule is COC(OC)c1c(F)c(F)c(C(OC)OC)c(F)c1F. The van der Waals surface area contributed by atoms with E-state index in [-0.39, 0.29) is 0 Å². The number of halogens is 4. The van der Waals surface area contributed by atoms with E-state index in [0.29, 0.717) is 0 Å². The van der Waals surface area contributed by atoms with Crippen molar-refractivity contribution < 1.29 is 36.5 Å². The molecule has 20 heavy (non-hydrogen) atoms. The van der Waals surface area contributed by atoms with E-state index in [4.69, 9.17) is 0 Å². The first kappa shape index (κ1) is 16.8. The lowest BCUT2D eigenvalue weighted by molar-refractivity contribution is -0.115. The van der Waals surface area contributed by atoms with Gasteiger partial charge in [0.25, 0.3) is 0 Å². The number of methoxy groups -OCH3 is 4. The second-order valence-electron chi connectivity index (χ2n) is 3.69. The summed E-state index contributed by atoms with van der Waals surface area (Å²) in [5.74, 6) is -6.53. The van der Waals surface area contributed by atoms with Crippen LogP contribution in [0.1, 0.15) is 23.7 Å². The number of benzene rings is 1. The Balaban J connectivity index is 3.56. The molecule has 0 fully saturated rings. The maximum absolute atomic E-state index is 13.9. The number of ether oxygens (including phenoxy) is 4. The molecule has 0 radical (unpaired) electrons. The van der Waals surface area contributed by atoms with Crippen molar-refractivity contribution in [3.05, 3.63) is 34.4 Å². The first-order chi connectivity index (χ1) is 9.44. The summed E-state index contributed by atoms with van der Waals surface area (Å²) in [7, 11) is 4.29. The molecule has 1 rings (SSSR count). The zero-order valence-electron chi connectivity index (χ0n) is 11.3. The first-order valence-corrected chi connectivity index (χ1v) is 5.41. The molecular weight excluding hydrogens is 284 g/mol. The van der Waals surface area contributed by atoms with Crippen LogP contribution in [-0.4, -0.2) is 28.4 Å². The van der Waals surface area contributed by atoms with Gasteiger partial charge in [-0.3, -0.25) is 0 Å². The van der Waals surface area contributed by atoms with Crippen LogP contribution in [0.15, 0.2) is 0 Å². The Bertz CT molecular complexity index is 401. The molecule has 0 bridgehead atoms. The maximum Gasteiger partial charge on any atom is 0.189 e. The van der Waals surface area contributed by atoms with Crippen LogP contribution in [-0.2, 0) is 18.9 Å². The summed E-state index contributed by atoms with van der Waals surface area (Å²) < 4.78 is 74.1. The van der Waals surface area contributed by atoms with E-state index >= 15 is 0 Å². The van der Waals surface area contributed by atoms with E-state index in [2.05, 4.69) is 18.9 Å². The number of hydrogen-bond acceptors (Lipinski definition) is 4. The zero-order chi connectivity index (χ0) is 15.4. The molecule has 0 spiro atoms. The van der Waals surface area contributed by atoms with Gasteiger partial charge in [0, 0.05) is 28.4 Å². The molecule has 1 aromatic rings. The largest absolute Gasteiger partial charge is 0.351 e. The molecule has 0 aromatic heterocycles. The smallest absolute Gasteiger partial charge is 0.189 e. The summed E-state index contributed by atoms with van der Waals surface area (Å²) in [5, 5.41) is 0. The van der Waals surface area contributed by atoms with Crippen molar-refractivity contribution in [1.29, 1.82) is 0 Å². The Labute approximate surface area is 113 Å². The minimum atomic E-state index is -1.63. The molecule has 0 aliphatic rings. The van der Waals surface area contributed by atoms with E-state index in [1.54, 1.807) is 0 Å². The van der Waals surface area contributed by atoms with Crippen molar-refractivity contribution in [1.82, 2.24) is 0 Å². The molecule has 0 saturated carbocycles. The van der Waals surface area contributed by atoms with E-state index in [1.165, 1.54) is 0 Å². The van der Waals surface area contributed by atoms with Crippen LogP contribution in [0.3, 0.4) is 0 Å². The Hall–Kier alpha value is -1.22. The van der Waals surface area contributed by atoms with Crippen LogP contribution >= 0.6 is 0 Å². The average molecular weight is 298 g/mol. The standard InChI is InChI=1S/C12H14F4O4/c1-17-11(18-2)5-7(13)9(15)6(10(16)8(5)14)12(19-3)20-4/h11-12H,1-4H3. The summed E-state index contributed by atoms with van der Waals surface area (Å²) >= 11 is 0. The second-order valence-corrected chi connectivity index (χ2v) is 3.69. The Morgan fingerprint density at radius 1 is 0.550 bits per heavy atom. The molecule has 1 aromatic carbocycles. The Morgan fingerprint density at radius 2 is 0.750 bits per heavy atom. The van der Waals surface area contributed by atoms with Crippen LogP contribution in [0.5, 0.6) is 0 Å². The molecule has 114 valence electrons. The highest BCUT2D eigenvalue weighted by molar-refractivity contribution is 5.31. The van der Waals surface area contributed by atoms with Gasteiger partial charge in [-0.2, -0.15) is 0 Å². The van der Waals surface area contributed by atoms with E-state index < -0.39 is 47.0 Å². The Kier molecular flexibility index (Phi) is 5.88. The third-order valence-electron chi connectivity index (χ3n) is 2.66. The van der Waals surface area contributed by atoms with Gasteiger partial charge >= 0.3 is 0 Å². The fraction of sp³-hybridized carbons (Fsp3) is 0.500. The van der Waals surface area contributed by atoms with Gasteiger partial charge in [0.15, 0.2) is 35.8 Å². The monoisotopic (exact) mass is 298 g/mol. The predicted molar refractivity (Wildman–Crippen MR) is 59.8 cm³/mol. The molecule has 0 N–H and O–H groups in total. The third kappa shape index (κ3) is 2.78. The van der Waals surface area contributed by atoms with E-state index in [9.17, 15) is 17.6 Å². The van der Waals surface area contributed by atoms with Gasteiger partial charge in [0.05, 0.1) is 11.1 Å². The van der Waals surface area contributed by atoms with Gasteiger partial charge in [-0.15, -0.1) is 0 Å². The fourth-order valence-corrected chi connectivity index (χ4v) is 1.74. The lowest BCUT2D eigenvalue weighted by Gasteiger charge is -2.20. The molecule has 0 saturated heterocycles. The lowest BCUT2D eigenvalue weighted by atomic mass is 10.1. The average Bonchev–Trinajstić information content (AvgIpc) is 2.46. The molecule has 0 aliphatic heterocycles. The minimum absolute atomic E-state index is 1.00. The lowest BCUT2D eigenvalue weighted by Crippen LogP contribution is -2.18. The van der Waals surface area contributed by atoms with Crippen molar-refractivity contribution in [2.75, 3.05) is 28.4 Å². The second kappa shape index (κ2) is 6.98. The quantitative estimate of drug-likeness (QED) is 0.460. The fourth-order valence-electron chi connectivity index (χ4n) is 1.74. The summed E-state index contributed by atoms with van der Waals surface area (Å²) in [6, 6.07) is 0. The predicted octanol–water partition coefficient (Wildman–Crippen LogP) is 2.83. The van der Waals surface area contributed by atoms with E-state index in [0.717, 1.165) is 28.4 Å². The maximum atomic E-state index is 13.9. The Morgan fingerprint density at radius 3 is 0.900 bits per heavy atom. The summed E-state index contributed by atoms with van der Waals surface area (Å²) in [6.07, 6.45) is -3.17. The van der Waals surface area contributed by atoms with Crippen LogP contribution in [0.25, 0.3) is 0 Å². The number of rotatable bonds is 6. The van der Waals surface area contributed by atoms with Crippen molar-refractivity contribution >= 4 is 0 Å². The van der Waals surface area contributed by atoms with Gasteiger partial charge in [-0.05, 0) is 0 Å². The number of hydrogen-bond donors (Lipinski definition) is 0. The summed E-state index contributed by atoms with van der Waals surface area (Å²) in [5.41, 5.74) is -2.00. The van der Waals surface area contributed by atoms with Crippen molar-refractivity contribution in [2.24, 2.45) is 0 Å². The molecule has 0 atom stereocenters. The van der Waals surface area contributed by atoms with Crippen LogP contribution < -0.4 is 0 Å². The normalized spacial score (nSPS) is 11.7. The van der Waals surface area contributed by atoms with Crippen LogP contribution in [0, 0.1) is 23.3 Å². The van der Waals surface area contributed by atoms with Crippen LogP contribution in [0.4, 0.5) is 17.6 Å². The zero-order valence-corrected chi connectivity index (χ0v) is 11.3. The molecule has 0 heterocycles. The van der Waals surface area contributed by atoms with Gasteiger partial charge in [-0.25, -0.2) is 17.6 Å². The van der Waals surface area contributed by atoms with E-state index in [1.807, 2.05) is 0 Å². The van der Waals surface area contributed by atoms with Gasteiger partial charge in [-0.1, -0.05) is 0 Å². The van der Waals surface area contributed by atoms with Gasteiger partial charge < -0.3 is 18.9 Å². The molecule has 0 amide bonds. The molecule has 0 unspecified atom stereocenters. The van der Waals surface area contributed by atoms with Crippen molar-refractivity contribution in [3.63, 3.8) is 0 Å². The van der Waals surface area contributed by atoms with Crippen LogP contribution in [0.2, 0.25) is 0 Å². The highest BCUT2D eigenvalue weighted by atomic mass is 19.2. The highest BCUT2D eigenvalue weighted by Crippen LogP contribution is 2.34. The molecule has 8 heteroatoms. The summed E-state index contributed by atoms with van der Waals surface area (Å²) in [4.78, 5) is 0. The topological polar surface area (TPSA) is 36.9 Å². The van der Waals surface area contributed by atoms with Crippen molar-refractivity contribution in [3.8, 4) is 0 Å². The minimum Gasteiger partial charge on any atom is -0.351 e. The molecular formula is C12H14F4O4. The van der Waals surface area contributed by atoms with Gasteiger partial charge in [0.2, 0.25) is 0 Å². The summed E-state index contributed by atoms with van der Waals surface area (Å²) in [6.45, 7) is 0.